The second-order valence-corrected chi connectivity index (χ2v) is 9.21. The highest BCUT2D eigenvalue weighted by molar-refractivity contribution is 6.02. The van der Waals surface area contributed by atoms with E-state index in [9.17, 15) is 22.8 Å². The molecule has 0 radical (unpaired) electrons. The lowest BCUT2D eigenvalue weighted by Gasteiger charge is -2.41. The van der Waals surface area contributed by atoms with Gasteiger partial charge in [-0.3, -0.25) is 9.59 Å². The molecule has 2 heterocycles. The van der Waals surface area contributed by atoms with Crippen LogP contribution in [-0.2, 0) is 4.79 Å². The van der Waals surface area contributed by atoms with Gasteiger partial charge in [0.05, 0.1) is 11.3 Å². The van der Waals surface area contributed by atoms with Gasteiger partial charge in [0.25, 0.3) is 5.91 Å². The van der Waals surface area contributed by atoms with Gasteiger partial charge in [0.2, 0.25) is 5.91 Å². The third-order valence-corrected chi connectivity index (χ3v) is 6.61. The van der Waals surface area contributed by atoms with E-state index in [-0.39, 0.29) is 30.5 Å². The van der Waals surface area contributed by atoms with Gasteiger partial charge in [0, 0.05) is 44.3 Å². The minimum absolute atomic E-state index is 0.0269. The second kappa shape index (κ2) is 9.29. The van der Waals surface area contributed by atoms with Crippen LogP contribution in [-0.4, -0.2) is 73.6 Å². The van der Waals surface area contributed by atoms with E-state index in [2.05, 4.69) is 10.2 Å². The molecule has 1 aromatic carbocycles. The first-order chi connectivity index (χ1) is 15.2. The van der Waals surface area contributed by atoms with E-state index in [4.69, 9.17) is 0 Å². The maximum absolute atomic E-state index is 13.8. The van der Waals surface area contributed by atoms with Gasteiger partial charge in [-0.05, 0) is 50.9 Å². The summed E-state index contributed by atoms with van der Waals surface area (Å²) in [5, 5.41) is 2.91. The van der Waals surface area contributed by atoms with Gasteiger partial charge in [-0.25, -0.2) is 0 Å². The fourth-order valence-corrected chi connectivity index (χ4v) is 4.55. The highest BCUT2D eigenvalue weighted by atomic mass is 19.4. The average molecular weight is 453 g/mol. The Morgan fingerprint density at radius 1 is 1.00 bits per heavy atom. The molecule has 6 nitrogen and oxygen atoms in total. The number of carbonyl (C=O) groups excluding carboxylic acids is 2. The first-order valence-electron chi connectivity index (χ1n) is 11.5. The van der Waals surface area contributed by atoms with Gasteiger partial charge in [0.15, 0.2) is 0 Å². The Hall–Kier alpha value is -2.29. The lowest BCUT2D eigenvalue weighted by Crippen LogP contribution is -2.59. The van der Waals surface area contributed by atoms with Crippen LogP contribution in [0.4, 0.5) is 24.5 Å². The minimum Gasteiger partial charge on any atom is -0.371 e. The van der Waals surface area contributed by atoms with Crippen LogP contribution in [0, 0.1) is 5.92 Å². The molecule has 176 valence electrons. The summed E-state index contributed by atoms with van der Waals surface area (Å²) in [6, 6.07) is 3.14. The van der Waals surface area contributed by atoms with Gasteiger partial charge < -0.3 is 20.0 Å². The minimum atomic E-state index is -4.49. The number of rotatable bonds is 4. The van der Waals surface area contributed by atoms with Crippen molar-refractivity contribution in [2.45, 2.75) is 50.7 Å². The summed E-state index contributed by atoms with van der Waals surface area (Å²) in [4.78, 5) is 30.4. The van der Waals surface area contributed by atoms with Gasteiger partial charge in [-0.1, -0.05) is 12.8 Å². The van der Waals surface area contributed by atoms with Crippen LogP contribution in [0.3, 0.4) is 0 Å². The first-order valence-corrected chi connectivity index (χ1v) is 11.5. The Bertz CT molecular complexity index is 848. The SMILES string of the molecule is CN1CCN(C(=O)c2ccc(NC(=O)C3CC3)cc2N2CCCCCC2)C(C(F)(F)F)C1. The zero-order valence-electron chi connectivity index (χ0n) is 18.5. The topological polar surface area (TPSA) is 55.9 Å². The van der Waals surface area contributed by atoms with E-state index in [0.717, 1.165) is 56.5 Å². The van der Waals surface area contributed by atoms with E-state index in [1.54, 1.807) is 30.1 Å². The number of halogens is 3. The zero-order valence-corrected chi connectivity index (χ0v) is 18.5. The molecule has 1 aliphatic carbocycles. The quantitative estimate of drug-likeness (QED) is 0.757. The Labute approximate surface area is 186 Å². The Balaban J connectivity index is 1.66. The van der Waals surface area contributed by atoms with E-state index in [1.807, 2.05) is 0 Å². The van der Waals surface area contributed by atoms with Crippen LogP contribution in [0.2, 0.25) is 0 Å². The van der Waals surface area contributed by atoms with Gasteiger partial charge in [-0.2, -0.15) is 13.2 Å². The van der Waals surface area contributed by atoms with Crippen molar-refractivity contribution in [3.63, 3.8) is 0 Å². The van der Waals surface area contributed by atoms with E-state index >= 15 is 0 Å². The fourth-order valence-electron chi connectivity index (χ4n) is 4.55. The molecule has 2 saturated heterocycles. The normalized spacial score (nSPS) is 23.1. The van der Waals surface area contributed by atoms with Crippen LogP contribution in [0.25, 0.3) is 0 Å². The summed E-state index contributed by atoms with van der Waals surface area (Å²) in [6.07, 6.45) is 1.37. The fraction of sp³-hybridized carbons (Fsp3) is 0.652. The molecule has 0 aromatic heterocycles. The largest absolute Gasteiger partial charge is 0.410 e. The molecule has 32 heavy (non-hydrogen) atoms. The van der Waals surface area contributed by atoms with Crippen LogP contribution in [0.5, 0.6) is 0 Å². The van der Waals surface area contributed by atoms with Crippen molar-refractivity contribution in [1.82, 2.24) is 9.80 Å². The predicted molar refractivity (Wildman–Crippen MR) is 117 cm³/mol. The summed E-state index contributed by atoms with van der Waals surface area (Å²) in [7, 11) is 1.64. The molecule has 1 saturated carbocycles. The molecule has 0 spiro atoms. The third kappa shape index (κ3) is 5.19. The molecule has 0 bridgehead atoms. The zero-order chi connectivity index (χ0) is 22.9. The maximum Gasteiger partial charge on any atom is 0.410 e. The van der Waals surface area contributed by atoms with Crippen molar-refractivity contribution < 1.29 is 22.8 Å². The number of amides is 2. The third-order valence-electron chi connectivity index (χ3n) is 6.61. The van der Waals surface area contributed by atoms with Crippen molar-refractivity contribution in [2.75, 3.05) is 50.0 Å². The molecule has 1 aromatic rings. The Kier molecular flexibility index (Phi) is 6.65. The Morgan fingerprint density at radius 3 is 2.31 bits per heavy atom. The molecule has 1 N–H and O–H groups in total. The highest BCUT2D eigenvalue weighted by Crippen LogP contribution is 2.34. The molecule has 1 atom stereocenters. The number of anilines is 2. The summed E-state index contributed by atoms with van der Waals surface area (Å²) in [6.45, 7) is 1.67. The lowest BCUT2D eigenvalue weighted by molar-refractivity contribution is -0.187. The molecule has 3 aliphatic rings. The standard InChI is InChI=1S/C23H31F3N4O2/c1-28-12-13-30(20(15-28)23(24,25)26)22(32)18-9-8-17(27-21(31)16-6-7-16)14-19(18)29-10-4-2-3-5-11-29/h8-9,14,16,20H,2-7,10-13,15H2,1H3,(H,27,31). The number of carbonyl (C=O) groups is 2. The van der Waals surface area contributed by atoms with Crippen molar-refractivity contribution in [1.29, 1.82) is 0 Å². The van der Waals surface area contributed by atoms with Crippen LogP contribution in [0.15, 0.2) is 18.2 Å². The number of nitrogens with zero attached hydrogens (tertiary/aromatic N) is 3. The average Bonchev–Trinajstić information content (AvgIpc) is 3.60. The smallest absolute Gasteiger partial charge is 0.371 e. The summed E-state index contributed by atoms with van der Waals surface area (Å²) >= 11 is 0. The van der Waals surface area contributed by atoms with Gasteiger partial charge in [0.1, 0.15) is 6.04 Å². The molecule has 1 unspecified atom stereocenters. The van der Waals surface area contributed by atoms with Crippen LogP contribution in [0.1, 0.15) is 48.9 Å². The predicted octanol–water partition coefficient (Wildman–Crippen LogP) is 3.73. The molecule has 3 fully saturated rings. The maximum atomic E-state index is 13.8. The van der Waals surface area contributed by atoms with E-state index in [0.29, 0.717) is 17.9 Å². The molecule has 9 heteroatoms. The molecule has 4 rings (SSSR count). The highest BCUT2D eigenvalue weighted by Gasteiger charge is 2.48. The number of alkyl halides is 3. The van der Waals surface area contributed by atoms with E-state index < -0.39 is 18.1 Å². The summed E-state index contributed by atoms with van der Waals surface area (Å²) in [5.74, 6) is -0.599. The van der Waals surface area contributed by atoms with Crippen LogP contribution < -0.4 is 10.2 Å². The molecular weight excluding hydrogens is 421 g/mol. The molecule has 2 amide bonds. The van der Waals surface area contributed by atoms with Crippen molar-refractivity contribution >= 4 is 23.2 Å². The number of piperazine rings is 1. The summed E-state index contributed by atoms with van der Waals surface area (Å²) in [5.41, 5.74) is 1.48. The molecular formula is C23H31F3N4O2. The van der Waals surface area contributed by atoms with E-state index in [1.165, 1.54) is 0 Å². The number of benzene rings is 1. The summed E-state index contributed by atoms with van der Waals surface area (Å²) < 4.78 is 41.3. The first kappa shape index (κ1) is 22.9. The molecule has 2 aliphatic heterocycles. The van der Waals surface area contributed by atoms with Crippen molar-refractivity contribution in [3.05, 3.63) is 23.8 Å². The number of hydrogen-bond acceptors (Lipinski definition) is 4. The number of likely N-dealkylation sites (N-methyl/N-ethyl adjacent to an activating group) is 1. The number of nitrogens with one attached hydrogen (secondary N) is 1. The van der Waals surface area contributed by atoms with Crippen molar-refractivity contribution in [2.24, 2.45) is 5.92 Å². The second-order valence-electron chi connectivity index (χ2n) is 9.21. The van der Waals surface area contributed by atoms with Crippen molar-refractivity contribution in [3.8, 4) is 0 Å². The van der Waals surface area contributed by atoms with Gasteiger partial charge >= 0.3 is 6.18 Å². The monoisotopic (exact) mass is 452 g/mol. The van der Waals surface area contributed by atoms with Gasteiger partial charge in [-0.15, -0.1) is 0 Å². The Morgan fingerprint density at radius 2 is 1.69 bits per heavy atom. The number of hydrogen-bond donors (Lipinski definition) is 1. The lowest BCUT2D eigenvalue weighted by atomic mass is 10.1. The van der Waals surface area contributed by atoms with Crippen LogP contribution >= 0.6 is 0 Å².